The van der Waals surface area contributed by atoms with Gasteiger partial charge in [-0.2, -0.15) is 15.4 Å². The summed E-state index contributed by atoms with van der Waals surface area (Å²) in [5.41, 5.74) is 5.50. The molecule has 0 fully saturated rings. The molecule has 5 rings (SSSR count). The van der Waals surface area contributed by atoms with E-state index in [2.05, 4.69) is 26.8 Å². The lowest BCUT2D eigenvalue weighted by atomic mass is 10.0. The standard InChI is InChI=1S/C24H21ClN6O/c1-13-11-16(14(2)26-19-10-9-18(25)21-22(19)29-30-28-21)20-17(12-13)24(32)31(3)23(27-20)15-7-5-4-6-8-15/h4-12,14,26H,1-3H3,(H,28,29,30)/t14-/m1/s1. The number of benzene rings is 3. The zero-order valence-corrected chi connectivity index (χ0v) is 18.6. The van der Waals surface area contributed by atoms with Gasteiger partial charge in [0, 0.05) is 18.2 Å². The molecule has 5 aromatic rings. The van der Waals surface area contributed by atoms with Crippen molar-refractivity contribution in [2.45, 2.75) is 19.9 Å². The number of aromatic amines is 1. The van der Waals surface area contributed by atoms with Crippen molar-refractivity contribution in [2.24, 2.45) is 7.05 Å². The second-order valence-corrected chi connectivity index (χ2v) is 8.30. The van der Waals surface area contributed by atoms with Gasteiger partial charge < -0.3 is 5.32 Å². The van der Waals surface area contributed by atoms with E-state index in [4.69, 9.17) is 16.6 Å². The van der Waals surface area contributed by atoms with E-state index in [1.807, 2.05) is 56.3 Å². The number of aromatic nitrogens is 5. The Hall–Kier alpha value is -3.71. The third kappa shape index (κ3) is 3.31. The van der Waals surface area contributed by atoms with E-state index in [0.29, 0.717) is 32.8 Å². The molecule has 0 aliphatic carbocycles. The number of hydrogen-bond acceptors (Lipinski definition) is 5. The molecule has 0 aliphatic heterocycles. The summed E-state index contributed by atoms with van der Waals surface area (Å²) in [6, 6.07) is 17.2. The summed E-state index contributed by atoms with van der Waals surface area (Å²) in [6.45, 7) is 4.02. The predicted octanol–water partition coefficient (Wildman–Crippen LogP) is 5.01. The number of aryl methyl sites for hydroxylation is 1. The first kappa shape index (κ1) is 20.2. The number of halogens is 1. The summed E-state index contributed by atoms with van der Waals surface area (Å²) in [4.78, 5) is 18.2. The fourth-order valence-corrected chi connectivity index (χ4v) is 4.25. The average Bonchev–Trinajstić information content (AvgIpc) is 3.30. The number of hydrogen-bond donors (Lipinski definition) is 2. The van der Waals surface area contributed by atoms with Gasteiger partial charge >= 0.3 is 0 Å². The summed E-state index contributed by atoms with van der Waals surface area (Å²) >= 11 is 6.23. The van der Waals surface area contributed by atoms with Crippen LogP contribution in [0.25, 0.3) is 33.3 Å². The van der Waals surface area contributed by atoms with Gasteiger partial charge in [-0.1, -0.05) is 48.0 Å². The highest BCUT2D eigenvalue weighted by Gasteiger charge is 2.18. The molecule has 8 heteroatoms. The van der Waals surface area contributed by atoms with Crippen LogP contribution in [0.5, 0.6) is 0 Å². The zero-order valence-electron chi connectivity index (χ0n) is 17.8. The molecule has 2 N–H and O–H groups in total. The van der Waals surface area contributed by atoms with Crippen molar-refractivity contribution < 1.29 is 0 Å². The van der Waals surface area contributed by atoms with Gasteiger partial charge in [-0.3, -0.25) is 9.36 Å². The van der Waals surface area contributed by atoms with E-state index in [9.17, 15) is 4.79 Å². The van der Waals surface area contributed by atoms with E-state index in [0.717, 1.165) is 22.4 Å². The molecule has 0 radical (unpaired) electrons. The van der Waals surface area contributed by atoms with Gasteiger partial charge in [0.25, 0.3) is 5.56 Å². The third-order valence-corrected chi connectivity index (χ3v) is 5.96. The summed E-state index contributed by atoms with van der Waals surface area (Å²) in [5, 5.41) is 15.6. The molecule has 0 saturated heterocycles. The van der Waals surface area contributed by atoms with Gasteiger partial charge in [0.15, 0.2) is 0 Å². The molecule has 32 heavy (non-hydrogen) atoms. The summed E-state index contributed by atoms with van der Waals surface area (Å²) in [6.07, 6.45) is 0. The molecular formula is C24H21ClN6O. The lowest BCUT2D eigenvalue weighted by Crippen LogP contribution is -2.21. The molecule has 0 bridgehead atoms. The molecule has 3 aromatic carbocycles. The average molecular weight is 445 g/mol. The van der Waals surface area contributed by atoms with Crippen LogP contribution in [0, 0.1) is 6.92 Å². The Kier molecular flexibility index (Phi) is 4.90. The van der Waals surface area contributed by atoms with Crippen LogP contribution in [0.4, 0.5) is 5.69 Å². The maximum atomic E-state index is 13.3. The van der Waals surface area contributed by atoms with Crippen molar-refractivity contribution in [1.29, 1.82) is 0 Å². The van der Waals surface area contributed by atoms with E-state index in [1.54, 1.807) is 17.7 Å². The fraction of sp³-hybridized carbons (Fsp3) is 0.167. The van der Waals surface area contributed by atoms with Crippen LogP contribution in [-0.4, -0.2) is 25.0 Å². The lowest BCUT2D eigenvalue weighted by Gasteiger charge is -2.19. The van der Waals surface area contributed by atoms with Crippen LogP contribution in [0.2, 0.25) is 5.02 Å². The Morgan fingerprint density at radius 1 is 1.03 bits per heavy atom. The van der Waals surface area contributed by atoms with Crippen molar-refractivity contribution >= 4 is 39.2 Å². The molecule has 0 spiro atoms. The number of fused-ring (bicyclic) bond motifs is 2. The topological polar surface area (TPSA) is 88.5 Å². The maximum absolute atomic E-state index is 13.3. The fourth-order valence-electron chi connectivity index (χ4n) is 4.05. The minimum Gasteiger partial charge on any atom is -0.377 e. The number of nitrogens with zero attached hydrogens (tertiary/aromatic N) is 4. The maximum Gasteiger partial charge on any atom is 0.261 e. The Morgan fingerprint density at radius 2 is 1.78 bits per heavy atom. The van der Waals surface area contributed by atoms with E-state index in [-0.39, 0.29) is 11.6 Å². The zero-order chi connectivity index (χ0) is 22.4. The van der Waals surface area contributed by atoms with Crippen molar-refractivity contribution in [1.82, 2.24) is 25.0 Å². The lowest BCUT2D eigenvalue weighted by molar-refractivity contribution is 0.845. The van der Waals surface area contributed by atoms with Crippen LogP contribution in [0.1, 0.15) is 24.1 Å². The van der Waals surface area contributed by atoms with Crippen LogP contribution in [0.15, 0.2) is 59.4 Å². The molecule has 2 aromatic heterocycles. The molecular weight excluding hydrogens is 424 g/mol. The van der Waals surface area contributed by atoms with Crippen LogP contribution >= 0.6 is 11.6 Å². The van der Waals surface area contributed by atoms with Gasteiger partial charge in [0.2, 0.25) is 0 Å². The summed E-state index contributed by atoms with van der Waals surface area (Å²) in [5.74, 6) is 0.630. The molecule has 160 valence electrons. The molecule has 7 nitrogen and oxygen atoms in total. The predicted molar refractivity (Wildman–Crippen MR) is 128 cm³/mol. The van der Waals surface area contributed by atoms with Crippen LogP contribution < -0.4 is 10.9 Å². The second kappa shape index (κ2) is 7.76. The first-order chi connectivity index (χ1) is 15.4. The van der Waals surface area contributed by atoms with Gasteiger partial charge in [-0.05, 0) is 37.6 Å². The number of H-pyrrole nitrogens is 1. The Morgan fingerprint density at radius 3 is 2.56 bits per heavy atom. The van der Waals surface area contributed by atoms with E-state index >= 15 is 0 Å². The van der Waals surface area contributed by atoms with Crippen molar-refractivity contribution in [3.05, 3.63) is 81.1 Å². The Balaban J connectivity index is 1.67. The van der Waals surface area contributed by atoms with Gasteiger partial charge in [0.1, 0.15) is 16.9 Å². The minimum atomic E-state index is -0.151. The first-order valence-electron chi connectivity index (χ1n) is 10.3. The number of rotatable bonds is 4. The van der Waals surface area contributed by atoms with Crippen molar-refractivity contribution in [2.75, 3.05) is 5.32 Å². The number of anilines is 1. The largest absolute Gasteiger partial charge is 0.377 e. The monoisotopic (exact) mass is 444 g/mol. The third-order valence-electron chi connectivity index (χ3n) is 5.65. The Labute approximate surface area is 189 Å². The SMILES string of the molecule is Cc1cc([C@@H](C)Nc2ccc(Cl)c3n[nH]nc23)c2nc(-c3ccccc3)n(C)c(=O)c2c1. The molecule has 0 unspecified atom stereocenters. The molecule has 1 atom stereocenters. The highest BCUT2D eigenvalue weighted by Crippen LogP contribution is 2.31. The second-order valence-electron chi connectivity index (χ2n) is 7.90. The summed E-state index contributed by atoms with van der Waals surface area (Å²) < 4.78 is 1.61. The first-order valence-corrected chi connectivity index (χ1v) is 10.6. The highest BCUT2D eigenvalue weighted by atomic mass is 35.5. The molecule has 0 amide bonds. The molecule has 0 saturated carbocycles. The smallest absolute Gasteiger partial charge is 0.261 e. The van der Waals surface area contributed by atoms with Gasteiger partial charge in [-0.15, -0.1) is 0 Å². The van der Waals surface area contributed by atoms with Gasteiger partial charge in [-0.25, -0.2) is 4.98 Å². The van der Waals surface area contributed by atoms with E-state index < -0.39 is 0 Å². The molecule has 0 aliphatic rings. The van der Waals surface area contributed by atoms with Crippen molar-refractivity contribution in [3.63, 3.8) is 0 Å². The van der Waals surface area contributed by atoms with Crippen molar-refractivity contribution in [3.8, 4) is 11.4 Å². The minimum absolute atomic E-state index is 0.0728. The highest BCUT2D eigenvalue weighted by molar-refractivity contribution is 6.35. The van der Waals surface area contributed by atoms with Gasteiger partial charge in [0.05, 0.1) is 27.7 Å². The number of nitrogens with one attached hydrogen (secondary N) is 2. The summed E-state index contributed by atoms with van der Waals surface area (Å²) in [7, 11) is 1.76. The van der Waals surface area contributed by atoms with Crippen LogP contribution in [0.3, 0.4) is 0 Å². The van der Waals surface area contributed by atoms with Crippen LogP contribution in [-0.2, 0) is 7.05 Å². The molecule has 2 heterocycles. The Bertz CT molecular complexity index is 1520. The van der Waals surface area contributed by atoms with E-state index in [1.165, 1.54) is 0 Å². The normalized spacial score (nSPS) is 12.4. The quantitative estimate of drug-likeness (QED) is 0.407.